The first-order valence-electron chi connectivity index (χ1n) is 6.82. The van der Waals surface area contributed by atoms with Crippen LogP contribution in [0.15, 0.2) is 42.7 Å². The SMILES string of the molecule is CC(C)(C)OC(=O)N[C@H](Cn1nccn1)c1ccccc1. The second-order valence-electron chi connectivity index (χ2n) is 5.69. The molecule has 0 fully saturated rings. The van der Waals surface area contributed by atoms with Gasteiger partial charge in [0.15, 0.2) is 0 Å². The van der Waals surface area contributed by atoms with Gasteiger partial charge in [0, 0.05) is 0 Å². The highest BCUT2D eigenvalue weighted by molar-refractivity contribution is 5.68. The molecule has 2 aromatic rings. The molecule has 21 heavy (non-hydrogen) atoms. The Balaban J connectivity index is 2.11. The Kier molecular flexibility index (Phi) is 4.57. The van der Waals surface area contributed by atoms with E-state index in [1.165, 1.54) is 4.80 Å². The highest BCUT2D eigenvalue weighted by Crippen LogP contribution is 2.16. The fraction of sp³-hybridized carbons (Fsp3) is 0.400. The summed E-state index contributed by atoms with van der Waals surface area (Å²) in [7, 11) is 0. The number of hydrogen-bond donors (Lipinski definition) is 1. The summed E-state index contributed by atoms with van der Waals surface area (Å²) in [6, 6.07) is 9.43. The van der Waals surface area contributed by atoms with Gasteiger partial charge in [-0.2, -0.15) is 15.0 Å². The fourth-order valence-electron chi connectivity index (χ4n) is 1.87. The van der Waals surface area contributed by atoms with Gasteiger partial charge >= 0.3 is 6.09 Å². The Morgan fingerprint density at radius 1 is 1.24 bits per heavy atom. The molecule has 2 rings (SSSR count). The highest BCUT2D eigenvalue weighted by atomic mass is 16.6. The number of amides is 1. The van der Waals surface area contributed by atoms with E-state index in [2.05, 4.69) is 15.5 Å². The van der Waals surface area contributed by atoms with Crippen molar-refractivity contribution in [1.82, 2.24) is 20.3 Å². The van der Waals surface area contributed by atoms with E-state index in [0.29, 0.717) is 6.54 Å². The number of aromatic nitrogens is 3. The van der Waals surface area contributed by atoms with E-state index in [-0.39, 0.29) is 6.04 Å². The Bertz CT molecular complexity index is 561. The van der Waals surface area contributed by atoms with Crippen LogP contribution in [-0.2, 0) is 11.3 Å². The van der Waals surface area contributed by atoms with Crippen LogP contribution >= 0.6 is 0 Å². The summed E-state index contributed by atoms with van der Waals surface area (Å²) >= 11 is 0. The molecule has 1 atom stereocenters. The average Bonchev–Trinajstić information content (AvgIpc) is 2.90. The van der Waals surface area contributed by atoms with Crippen molar-refractivity contribution in [2.24, 2.45) is 0 Å². The zero-order chi connectivity index (χ0) is 15.3. The van der Waals surface area contributed by atoms with Gasteiger partial charge in [-0.1, -0.05) is 30.3 Å². The number of rotatable bonds is 4. The normalized spacial score (nSPS) is 12.7. The molecule has 6 heteroatoms. The lowest BCUT2D eigenvalue weighted by Crippen LogP contribution is -2.36. The molecule has 0 aliphatic heterocycles. The average molecular weight is 288 g/mol. The van der Waals surface area contributed by atoms with Gasteiger partial charge in [-0.3, -0.25) is 0 Å². The molecule has 6 nitrogen and oxygen atoms in total. The minimum absolute atomic E-state index is 0.256. The molecule has 1 aromatic carbocycles. The Labute approximate surface area is 124 Å². The summed E-state index contributed by atoms with van der Waals surface area (Å²) in [4.78, 5) is 13.5. The van der Waals surface area contributed by atoms with E-state index in [1.54, 1.807) is 12.4 Å². The van der Waals surface area contributed by atoms with Gasteiger partial charge in [0.05, 0.1) is 25.0 Å². The van der Waals surface area contributed by atoms with Crippen LogP contribution in [0.4, 0.5) is 4.79 Å². The summed E-state index contributed by atoms with van der Waals surface area (Å²) in [6.45, 7) is 5.94. The van der Waals surface area contributed by atoms with Gasteiger partial charge < -0.3 is 10.1 Å². The number of carbonyl (C=O) groups excluding carboxylic acids is 1. The minimum Gasteiger partial charge on any atom is -0.444 e. The zero-order valence-electron chi connectivity index (χ0n) is 12.5. The maximum Gasteiger partial charge on any atom is 0.408 e. The molecule has 0 aliphatic rings. The maximum atomic E-state index is 12.0. The van der Waals surface area contributed by atoms with Gasteiger partial charge in [0.1, 0.15) is 5.60 Å². The predicted octanol–water partition coefficient (Wildman–Crippen LogP) is 2.54. The van der Waals surface area contributed by atoms with E-state index < -0.39 is 11.7 Å². The number of benzene rings is 1. The highest BCUT2D eigenvalue weighted by Gasteiger charge is 2.21. The van der Waals surface area contributed by atoms with Crippen molar-refractivity contribution in [1.29, 1.82) is 0 Å². The van der Waals surface area contributed by atoms with E-state index in [9.17, 15) is 4.79 Å². The summed E-state index contributed by atoms with van der Waals surface area (Å²) in [5.41, 5.74) is 0.440. The molecule has 0 radical (unpaired) electrons. The van der Waals surface area contributed by atoms with Crippen molar-refractivity contribution in [2.75, 3.05) is 0 Å². The minimum atomic E-state index is -0.532. The van der Waals surface area contributed by atoms with Crippen molar-refractivity contribution in [3.05, 3.63) is 48.3 Å². The Morgan fingerprint density at radius 3 is 2.43 bits per heavy atom. The molecule has 1 amide bonds. The van der Waals surface area contributed by atoms with Gasteiger partial charge in [0.2, 0.25) is 0 Å². The number of nitrogens with zero attached hydrogens (tertiary/aromatic N) is 3. The fourth-order valence-corrected chi connectivity index (χ4v) is 1.87. The summed E-state index contributed by atoms with van der Waals surface area (Å²) in [6.07, 6.45) is 2.76. The smallest absolute Gasteiger partial charge is 0.408 e. The summed E-state index contributed by atoms with van der Waals surface area (Å²) in [5, 5.41) is 11.0. The Hall–Kier alpha value is -2.37. The van der Waals surface area contributed by atoms with Crippen LogP contribution in [-0.4, -0.2) is 26.7 Å². The number of hydrogen-bond acceptors (Lipinski definition) is 4. The Morgan fingerprint density at radius 2 is 1.86 bits per heavy atom. The van der Waals surface area contributed by atoms with Gasteiger partial charge in [-0.05, 0) is 26.3 Å². The van der Waals surface area contributed by atoms with E-state index in [4.69, 9.17) is 4.74 Å². The molecule has 0 unspecified atom stereocenters. The molecule has 0 aliphatic carbocycles. The predicted molar refractivity (Wildman–Crippen MR) is 78.6 cm³/mol. The number of ether oxygens (including phenoxy) is 1. The lowest BCUT2D eigenvalue weighted by atomic mass is 10.1. The third-order valence-corrected chi connectivity index (χ3v) is 2.71. The first kappa shape index (κ1) is 15.0. The topological polar surface area (TPSA) is 69.0 Å². The summed E-state index contributed by atoms with van der Waals surface area (Å²) < 4.78 is 5.31. The van der Waals surface area contributed by atoms with Crippen LogP contribution in [0, 0.1) is 0 Å². The third-order valence-electron chi connectivity index (χ3n) is 2.71. The van der Waals surface area contributed by atoms with Crippen LogP contribution in [0.1, 0.15) is 32.4 Å². The molecule has 112 valence electrons. The molecule has 0 saturated heterocycles. The van der Waals surface area contributed by atoms with Crippen molar-refractivity contribution in [2.45, 2.75) is 39.0 Å². The lowest BCUT2D eigenvalue weighted by Gasteiger charge is -2.23. The van der Waals surface area contributed by atoms with Crippen LogP contribution in [0.3, 0.4) is 0 Å². The van der Waals surface area contributed by atoms with Crippen molar-refractivity contribution < 1.29 is 9.53 Å². The number of carbonyl (C=O) groups is 1. The van der Waals surface area contributed by atoms with Crippen LogP contribution < -0.4 is 5.32 Å². The summed E-state index contributed by atoms with van der Waals surface area (Å²) in [5.74, 6) is 0. The van der Waals surface area contributed by atoms with E-state index in [1.807, 2.05) is 51.1 Å². The molecule has 0 spiro atoms. The van der Waals surface area contributed by atoms with Crippen LogP contribution in [0.2, 0.25) is 0 Å². The van der Waals surface area contributed by atoms with Crippen molar-refractivity contribution >= 4 is 6.09 Å². The largest absolute Gasteiger partial charge is 0.444 e. The molecular weight excluding hydrogens is 268 g/mol. The van der Waals surface area contributed by atoms with Crippen LogP contribution in [0.25, 0.3) is 0 Å². The van der Waals surface area contributed by atoms with Crippen molar-refractivity contribution in [3.8, 4) is 0 Å². The molecular formula is C15H20N4O2. The van der Waals surface area contributed by atoms with E-state index >= 15 is 0 Å². The lowest BCUT2D eigenvalue weighted by molar-refractivity contribution is 0.0496. The number of nitrogens with one attached hydrogen (secondary N) is 1. The maximum absolute atomic E-state index is 12.0. The quantitative estimate of drug-likeness (QED) is 0.938. The second kappa shape index (κ2) is 6.39. The molecule has 1 heterocycles. The van der Waals surface area contributed by atoms with Gasteiger partial charge in [-0.15, -0.1) is 0 Å². The van der Waals surface area contributed by atoms with Gasteiger partial charge in [0.25, 0.3) is 0 Å². The van der Waals surface area contributed by atoms with E-state index in [0.717, 1.165) is 5.56 Å². The van der Waals surface area contributed by atoms with Crippen molar-refractivity contribution in [3.63, 3.8) is 0 Å². The number of alkyl carbamates (subject to hydrolysis) is 1. The first-order valence-corrected chi connectivity index (χ1v) is 6.82. The first-order chi connectivity index (χ1) is 9.94. The zero-order valence-corrected chi connectivity index (χ0v) is 12.5. The molecule has 1 aromatic heterocycles. The third kappa shape index (κ3) is 4.91. The van der Waals surface area contributed by atoms with Crippen LogP contribution in [0.5, 0.6) is 0 Å². The van der Waals surface area contributed by atoms with Gasteiger partial charge in [-0.25, -0.2) is 4.79 Å². The standard InChI is InChI=1S/C15H20N4O2/c1-15(2,3)21-14(20)18-13(11-19-16-9-10-17-19)12-7-5-4-6-8-12/h4-10,13H,11H2,1-3H3,(H,18,20)/t13-/m1/s1. The molecule has 0 saturated carbocycles. The monoisotopic (exact) mass is 288 g/mol. The molecule has 0 bridgehead atoms. The molecule has 1 N–H and O–H groups in total. The second-order valence-corrected chi connectivity index (χ2v) is 5.69.